The highest BCUT2D eigenvalue weighted by molar-refractivity contribution is 5.76. The number of halogens is 1. The highest BCUT2D eigenvalue weighted by Gasteiger charge is 2.11. The van der Waals surface area contributed by atoms with E-state index in [0.717, 1.165) is 18.5 Å². The van der Waals surface area contributed by atoms with Gasteiger partial charge in [-0.15, -0.1) is 0 Å². The predicted octanol–water partition coefficient (Wildman–Crippen LogP) is 2.04. The average Bonchev–Trinajstić information content (AvgIpc) is 2.34. The van der Waals surface area contributed by atoms with Crippen LogP contribution in [0.2, 0.25) is 0 Å². The van der Waals surface area contributed by atoms with Gasteiger partial charge in [-0.05, 0) is 43.6 Å². The van der Waals surface area contributed by atoms with Gasteiger partial charge in [-0.3, -0.25) is 4.79 Å². The van der Waals surface area contributed by atoms with Crippen molar-refractivity contribution in [1.29, 1.82) is 0 Å². The van der Waals surface area contributed by atoms with Crippen LogP contribution in [-0.4, -0.2) is 26.0 Å². The van der Waals surface area contributed by atoms with Crippen LogP contribution in [0.4, 0.5) is 4.39 Å². The highest BCUT2D eigenvalue weighted by Crippen LogP contribution is 2.19. The Morgan fingerprint density at radius 3 is 2.83 bits per heavy atom. The lowest BCUT2D eigenvalue weighted by molar-refractivity contribution is -0.121. The Morgan fingerprint density at radius 2 is 2.17 bits per heavy atom. The molecule has 1 unspecified atom stereocenters. The molecule has 0 saturated heterocycles. The maximum Gasteiger partial charge on any atom is 0.220 e. The van der Waals surface area contributed by atoms with Gasteiger partial charge in [0.2, 0.25) is 5.91 Å². The summed E-state index contributed by atoms with van der Waals surface area (Å²) in [6.07, 6.45) is 1.31. The van der Waals surface area contributed by atoms with Crippen molar-refractivity contribution in [1.82, 2.24) is 10.6 Å². The number of carbonyl (C=O) groups excluding carboxylic acids is 1. The van der Waals surface area contributed by atoms with Crippen LogP contribution in [-0.2, 0) is 4.79 Å². The number of nitrogens with one attached hydrogen (secondary N) is 2. The molecule has 0 spiro atoms. The fourth-order valence-electron chi connectivity index (χ4n) is 1.77. The molecule has 0 aromatic heterocycles. The second-order valence-electron chi connectivity index (χ2n) is 4.47. The summed E-state index contributed by atoms with van der Waals surface area (Å²) in [5.41, 5.74) is 0.861. The third-order valence-electron chi connectivity index (χ3n) is 2.84. The smallest absolute Gasteiger partial charge is 0.220 e. The molecule has 1 amide bonds. The van der Waals surface area contributed by atoms with Crippen LogP contribution in [0.1, 0.15) is 31.2 Å². The molecule has 0 heterocycles. The van der Waals surface area contributed by atoms with E-state index >= 15 is 0 Å². The Hall–Kier alpha value is -1.42. The Labute approximate surface area is 108 Å². The molecule has 4 heteroatoms. The van der Waals surface area contributed by atoms with Gasteiger partial charge in [-0.25, -0.2) is 4.39 Å². The molecule has 0 bridgehead atoms. The molecule has 2 N–H and O–H groups in total. The summed E-state index contributed by atoms with van der Waals surface area (Å²) in [6, 6.07) is 6.42. The number of hydrogen-bond acceptors (Lipinski definition) is 2. The lowest BCUT2D eigenvalue weighted by Gasteiger charge is -2.12. The van der Waals surface area contributed by atoms with E-state index in [1.807, 2.05) is 20.0 Å². The second kappa shape index (κ2) is 7.82. The summed E-state index contributed by atoms with van der Waals surface area (Å²) >= 11 is 0. The summed E-state index contributed by atoms with van der Waals surface area (Å²) in [4.78, 5) is 11.6. The molecule has 1 aromatic carbocycles. The zero-order valence-electron chi connectivity index (χ0n) is 11.0. The number of hydrogen-bond donors (Lipinski definition) is 2. The van der Waals surface area contributed by atoms with Crippen molar-refractivity contribution in [3.05, 3.63) is 35.6 Å². The first kappa shape index (κ1) is 14.6. The van der Waals surface area contributed by atoms with E-state index in [4.69, 9.17) is 0 Å². The van der Waals surface area contributed by atoms with Crippen molar-refractivity contribution >= 4 is 5.91 Å². The van der Waals surface area contributed by atoms with E-state index in [9.17, 15) is 9.18 Å². The van der Waals surface area contributed by atoms with Crippen molar-refractivity contribution in [3.63, 3.8) is 0 Å². The molecular weight excluding hydrogens is 231 g/mol. The van der Waals surface area contributed by atoms with E-state index < -0.39 is 0 Å². The Balaban J connectivity index is 2.35. The minimum Gasteiger partial charge on any atom is -0.356 e. The molecule has 18 heavy (non-hydrogen) atoms. The number of amides is 1. The molecule has 100 valence electrons. The number of carbonyl (C=O) groups is 1. The van der Waals surface area contributed by atoms with Crippen LogP contribution in [0.25, 0.3) is 0 Å². The zero-order valence-corrected chi connectivity index (χ0v) is 11.0. The topological polar surface area (TPSA) is 41.1 Å². The normalized spacial score (nSPS) is 12.2. The molecule has 0 aliphatic heterocycles. The van der Waals surface area contributed by atoms with Crippen molar-refractivity contribution in [3.8, 4) is 0 Å². The van der Waals surface area contributed by atoms with Gasteiger partial charge in [-0.1, -0.05) is 19.1 Å². The standard InChI is InChI=1S/C14H21FN2O/c1-11(12-5-3-6-13(15)10-12)9-14(18)17-8-4-7-16-2/h3,5-6,10-11,16H,4,7-9H2,1-2H3,(H,17,18). The first-order valence-electron chi connectivity index (χ1n) is 6.30. The molecule has 0 fully saturated rings. The Bertz CT molecular complexity index is 382. The van der Waals surface area contributed by atoms with E-state index in [2.05, 4.69) is 10.6 Å². The van der Waals surface area contributed by atoms with E-state index in [1.54, 1.807) is 6.07 Å². The third-order valence-corrected chi connectivity index (χ3v) is 2.84. The second-order valence-corrected chi connectivity index (χ2v) is 4.47. The van der Waals surface area contributed by atoms with Crippen molar-refractivity contribution in [2.45, 2.75) is 25.7 Å². The zero-order chi connectivity index (χ0) is 13.4. The van der Waals surface area contributed by atoms with E-state index in [-0.39, 0.29) is 17.6 Å². The molecule has 1 aromatic rings. The lowest BCUT2D eigenvalue weighted by Crippen LogP contribution is -2.27. The van der Waals surface area contributed by atoms with Gasteiger partial charge in [0.1, 0.15) is 5.82 Å². The first-order valence-corrected chi connectivity index (χ1v) is 6.30. The molecule has 3 nitrogen and oxygen atoms in total. The molecule has 0 saturated carbocycles. The van der Waals surface area contributed by atoms with Crippen LogP contribution < -0.4 is 10.6 Å². The minimum absolute atomic E-state index is 0.0165. The summed E-state index contributed by atoms with van der Waals surface area (Å²) in [6.45, 7) is 3.50. The SMILES string of the molecule is CNCCCNC(=O)CC(C)c1cccc(F)c1. The molecule has 0 aliphatic carbocycles. The summed E-state index contributed by atoms with van der Waals surface area (Å²) < 4.78 is 13.0. The highest BCUT2D eigenvalue weighted by atomic mass is 19.1. The van der Waals surface area contributed by atoms with Gasteiger partial charge in [-0.2, -0.15) is 0 Å². The molecule has 0 aliphatic rings. The summed E-state index contributed by atoms with van der Waals surface area (Å²) in [5, 5.41) is 5.88. The Kier molecular flexibility index (Phi) is 6.36. The van der Waals surface area contributed by atoms with Gasteiger partial charge in [0.15, 0.2) is 0 Å². The van der Waals surface area contributed by atoms with Crippen molar-refractivity contribution in [2.75, 3.05) is 20.1 Å². The maximum atomic E-state index is 13.0. The van der Waals surface area contributed by atoms with Crippen molar-refractivity contribution in [2.24, 2.45) is 0 Å². The summed E-state index contributed by atoms with van der Waals surface area (Å²) in [5.74, 6) is -0.207. The van der Waals surface area contributed by atoms with Crippen LogP contribution in [0, 0.1) is 5.82 Å². The van der Waals surface area contributed by atoms with Gasteiger partial charge < -0.3 is 10.6 Å². The number of benzene rings is 1. The fourth-order valence-corrected chi connectivity index (χ4v) is 1.77. The van der Waals surface area contributed by atoms with Crippen molar-refractivity contribution < 1.29 is 9.18 Å². The monoisotopic (exact) mass is 252 g/mol. The molecule has 1 rings (SSSR count). The Morgan fingerprint density at radius 1 is 1.39 bits per heavy atom. The number of rotatable bonds is 7. The van der Waals surface area contributed by atoms with Crippen LogP contribution in [0.3, 0.4) is 0 Å². The fraction of sp³-hybridized carbons (Fsp3) is 0.500. The van der Waals surface area contributed by atoms with Crippen LogP contribution in [0.5, 0.6) is 0 Å². The molecule has 0 radical (unpaired) electrons. The minimum atomic E-state index is -0.256. The van der Waals surface area contributed by atoms with E-state index in [1.165, 1.54) is 12.1 Å². The predicted molar refractivity (Wildman–Crippen MR) is 71.0 cm³/mol. The van der Waals surface area contributed by atoms with E-state index in [0.29, 0.717) is 13.0 Å². The summed E-state index contributed by atoms with van der Waals surface area (Å²) in [7, 11) is 1.88. The van der Waals surface area contributed by atoms with Gasteiger partial charge >= 0.3 is 0 Å². The molecular formula is C14H21FN2O. The van der Waals surface area contributed by atoms with Gasteiger partial charge in [0.05, 0.1) is 0 Å². The van der Waals surface area contributed by atoms with Crippen LogP contribution in [0.15, 0.2) is 24.3 Å². The van der Waals surface area contributed by atoms with Gasteiger partial charge in [0.25, 0.3) is 0 Å². The first-order chi connectivity index (χ1) is 8.63. The quantitative estimate of drug-likeness (QED) is 0.729. The van der Waals surface area contributed by atoms with Crippen LogP contribution >= 0.6 is 0 Å². The van der Waals surface area contributed by atoms with Gasteiger partial charge in [0, 0.05) is 13.0 Å². The lowest BCUT2D eigenvalue weighted by atomic mass is 9.97. The third kappa shape index (κ3) is 5.27. The maximum absolute atomic E-state index is 13.0. The molecule has 1 atom stereocenters. The average molecular weight is 252 g/mol. The largest absolute Gasteiger partial charge is 0.356 e.